The molecule has 0 radical (unpaired) electrons. The standard InChI is InChI=1S/C24H33N5O2/c1-17-8-10-18(11-9-17)22-27-21(16-31-22)14-26-24(25-2)28-20-12-13-29(15-20)23(30)19-6-4-3-5-7-19/h8-11,16,19-20H,3-7,12-15H2,1-2H3,(H2,25,26,28). The lowest BCUT2D eigenvalue weighted by Gasteiger charge is -2.26. The van der Waals surface area contributed by atoms with Crippen molar-refractivity contribution in [2.24, 2.45) is 10.9 Å². The maximum atomic E-state index is 12.8. The van der Waals surface area contributed by atoms with Crippen molar-refractivity contribution in [3.8, 4) is 11.5 Å². The minimum Gasteiger partial charge on any atom is -0.444 e. The third kappa shape index (κ3) is 5.46. The van der Waals surface area contributed by atoms with Gasteiger partial charge in [-0.15, -0.1) is 0 Å². The summed E-state index contributed by atoms with van der Waals surface area (Å²) in [6.45, 7) is 4.15. The number of carbonyl (C=O) groups excluding carboxylic acids is 1. The number of nitrogens with zero attached hydrogens (tertiary/aromatic N) is 3. The monoisotopic (exact) mass is 423 g/mol. The van der Waals surface area contributed by atoms with E-state index >= 15 is 0 Å². The molecule has 1 unspecified atom stereocenters. The van der Waals surface area contributed by atoms with Crippen LogP contribution in [0.3, 0.4) is 0 Å². The number of guanidine groups is 1. The molecule has 1 amide bonds. The summed E-state index contributed by atoms with van der Waals surface area (Å²) in [6.07, 6.45) is 8.38. The SMILES string of the molecule is CN=C(NCc1coc(-c2ccc(C)cc2)n1)NC1CCN(C(=O)C2CCCCC2)C1. The van der Waals surface area contributed by atoms with Crippen LogP contribution in [0.4, 0.5) is 0 Å². The van der Waals surface area contributed by atoms with E-state index in [4.69, 9.17) is 4.42 Å². The van der Waals surface area contributed by atoms with Crippen LogP contribution in [0.1, 0.15) is 49.8 Å². The van der Waals surface area contributed by atoms with Gasteiger partial charge in [-0.05, 0) is 38.3 Å². The zero-order valence-corrected chi connectivity index (χ0v) is 18.6. The number of hydrogen-bond donors (Lipinski definition) is 2. The molecule has 2 aliphatic rings. The molecule has 4 rings (SSSR count). The minimum atomic E-state index is 0.221. The predicted octanol–water partition coefficient (Wildman–Crippen LogP) is 3.50. The topological polar surface area (TPSA) is 82.8 Å². The molecule has 1 aromatic heterocycles. The van der Waals surface area contributed by atoms with Gasteiger partial charge in [-0.3, -0.25) is 9.79 Å². The zero-order valence-electron chi connectivity index (χ0n) is 18.6. The lowest BCUT2D eigenvalue weighted by atomic mass is 9.88. The third-order valence-electron chi connectivity index (χ3n) is 6.31. The van der Waals surface area contributed by atoms with Crippen LogP contribution in [0.25, 0.3) is 11.5 Å². The van der Waals surface area contributed by atoms with Crippen molar-refractivity contribution in [1.82, 2.24) is 20.5 Å². The molecule has 7 nitrogen and oxygen atoms in total. The van der Waals surface area contributed by atoms with Gasteiger partial charge in [-0.1, -0.05) is 37.0 Å². The first-order valence-corrected chi connectivity index (χ1v) is 11.4. The highest BCUT2D eigenvalue weighted by atomic mass is 16.3. The predicted molar refractivity (Wildman–Crippen MR) is 122 cm³/mol. The Labute approximate surface area is 184 Å². The molecule has 0 spiro atoms. The van der Waals surface area contributed by atoms with Gasteiger partial charge in [0.15, 0.2) is 5.96 Å². The number of rotatable bonds is 5. The number of aliphatic imine (C=N–C) groups is 1. The third-order valence-corrected chi connectivity index (χ3v) is 6.31. The summed E-state index contributed by atoms with van der Waals surface area (Å²) >= 11 is 0. The maximum Gasteiger partial charge on any atom is 0.226 e. The second kappa shape index (κ2) is 9.98. The molecule has 1 aliphatic carbocycles. The van der Waals surface area contributed by atoms with Crippen LogP contribution >= 0.6 is 0 Å². The van der Waals surface area contributed by atoms with E-state index in [2.05, 4.69) is 27.5 Å². The van der Waals surface area contributed by atoms with Crippen LogP contribution in [-0.4, -0.2) is 47.9 Å². The molecule has 1 atom stereocenters. The summed E-state index contributed by atoms with van der Waals surface area (Å²) in [5.74, 6) is 1.92. The van der Waals surface area contributed by atoms with Crippen molar-refractivity contribution in [2.75, 3.05) is 20.1 Å². The summed E-state index contributed by atoms with van der Waals surface area (Å²) < 4.78 is 5.63. The van der Waals surface area contributed by atoms with Crippen LogP contribution in [0.5, 0.6) is 0 Å². The quantitative estimate of drug-likeness (QED) is 0.568. The van der Waals surface area contributed by atoms with Crippen molar-refractivity contribution in [3.05, 3.63) is 41.8 Å². The Bertz CT molecular complexity index is 899. The molecule has 1 aromatic carbocycles. The molecule has 1 aliphatic heterocycles. The Morgan fingerprint density at radius 3 is 2.71 bits per heavy atom. The van der Waals surface area contributed by atoms with Crippen molar-refractivity contribution in [3.63, 3.8) is 0 Å². The number of likely N-dealkylation sites (tertiary alicyclic amines) is 1. The largest absolute Gasteiger partial charge is 0.444 e. The van der Waals surface area contributed by atoms with Gasteiger partial charge in [0.1, 0.15) is 6.26 Å². The fourth-order valence-electron chi connectivity index (χ4n) is 4.47. The van der Waals surface area contributed by atoms with E-state index in [1.165, 1.54) is 24.8 Å². The number of benzene rings is 1. The molecule has 166 valence electrons. The second-order valence-corrected chi connectivity index (χ2v) is 8.68. The van der Waals surface area contributed by atoms with Gasteiger partial charge in [0, 0.05) is 37.7 Å². The maximum absolute atomic E-state index is 12.8. The molecular weight excluding hydrogens is 390 g/mol. The number of hydrogen-bond acceptors (Lipinski definition) is 4. The van der Waals surface area contributed by atoms with E-state index in [0.717, 1.165) is 49.6 Å². The number of aromatic nitrogens is 1. The first kappa shape index (κ1) is 21.4. The van der Waals surface area contributed by atoms with Gasteiger partial charge in [-0.2, -0.15) is 0 Å². The first-order valence-electron chi connectivity index (χ1n) is 11.4. The lowest BCUT2D eigenvalue weighted by Crippen LogP contribution is -2.45. The summed E-state index contributed by atoms with van der Waals surface area (Å²) in [7, 11) is 1.76. The van der Waals surface area contributed by atoms with E-state index in [0.29, 0.717) is 18.3 Å². The highest BCUT2D eigenvalue weighted by molar-refractivity contribution is 5.81. The average molecular weight is 424 g/mol. The molecule has 1 saturated carbocycles. The normalized spacial score (nSPS) is 20.1. The Morgan fingerprint density at radius 2 is 1.97 bits per heavy atom. The second-order valence-electron chi connectivity index (χ2n) is 8.68. The van der Waals surface area contributed by atoms with Gasteiger partial charge >= 0.3 is 0 Å². The van der Waals surface area contributed by atoms with Crippen molar-refractivity contribution >= 4 is 11.9 Å². The van der Waals surface area contributed by atoms with Gasteiger partial charge in [0.25, 0.3) is 0 Å². The highest BCUT2D eigenvalue weighted by Gasteiger charge is 2.31. The molecule has 31 heavy (non-hydrogen) atoms. The lowest BCUT2D eigenvalue weighted by molar-refractivity contribution is -0.135. The van der Waals surface area contributed by atoms with E-state index in [1.807, 2.05) is 29.2 Å². The molecule has 2 fully saturated rings. The molecule has 7 heteroatoms. The molecule has 1 saturated heterocycles. The Balaban J connectivity index is 1.26. The number of nitrogens with one attached hydrogen (secondary N) is 2. The van der Waals surface area contributed by atoms with Crippen LogP contribution in [0.2, 0.25) is 0 Å². The average Bonchev–Trinajstić information content (AvgIpc) is 3.47. The minimum absolute atomic E-state index is 0.221. The van der Waals surface area contributed by atoms with Gasteiger partial charge in [0.2, 0.25) is 11.8 Å². The molecule has 2 aromatic rings. The number of amides is 1. The zero-order chi connectivity index (χ0) is 21.6. The summed E-state index contributed by atoms with van der Waals surface area (Å²) in [5, 5.41) is 6.76. The Kier molecular flexibility index (Phi) is 6.89. The smallest absolute Gasteiger partial charge is 0.226 e. The van der Waals surface area contributed by atoms with Gasteiger partial charge in [-0.25, -0.2) is 4.98 Å². The van der Waals surface area contributed by atoms with Crippen molar-refractivity contribution in [2.45, 2.75) is 58.0 Å². The van der Waals surface area contributed by atoms with E-state index < -0.39 is 0 Å². The summed E-state index contributed by atoms with van der Waals surface area (Å²) in [6, 6.07) is 8.35. The van der Waals surface area contributed by atoms with Crippen LogP contribution in [0.15, 0.2) is 39.9 Å². The number of oxazole rings is 1. The van der Waals surface area contributed by atoms with E-state index in [1.54, 1.807) is 13.3 Å². The first-order chi connectivity index (χ1) is 15.1. The van der Waals surface area contributed by atoms with E-state index in [-0.39, 0.29) is 12.0 Å². The number of carbonyl (C=O) groups is 1. The molecule has 0 bridgehead atoms. The van der Waals surface area contributed by atoms with Gasteiger partial charge < -0.3 is 20.0 Å². The number of aryl methyl sites for hydroxylation is 1. The van der Waals surface area contributed by atoms with Crippen LogP contribution in [0, 0.1) is 12.8 Å². The van der Waals surface area contributed by atoms with Gasteiger partial charge in [0.05, 0.1) is 12.2 Å². The fourth-order valence-corrected chi connectivity index (χ4v) is 4.47. The van der Waals surface area contributed by atoms with Crippen molar-refractivity contribution < 1.29 is 9.21 Å². The summed E-state index contributed by atoms with van der Waals surface area (Å²) in [5.41, 5.74) is 2.99. The molecule has 2 heterocycles. The molecular formula is C24H33N5O2. The molecule has 2 N–H and O–H groups in total. The van der Waals surface area contributed by atoms with Crippen LogP contribution in [-0.2, 0) is 11.3 Å². The Hall–Kier alpha value is -2.83. The van der Waals surface area contributed by atoms with Crippen molar-refractivity contribution in [1.29, 1.82) is 0 Å². The van der Waals surface area contributed by atoms with Crippen LogP contribution < -0.4 is 10.6 Å². The highest BCUT2D eigenvalue weighted by Crippen LogP contribution is 2.26. The summed E-state index contributed by atoms with van der Waals surface area (Å²) in [4.78, 5) is 23.7. The van der Waals surface area contributed by atoms with E-state index in [9.17, 15) is 4.79 Å². The fraction of sp³-hybridized carbons (Fsp3) is 0.542. The Morgan fingerprint density at radius 1 is 1.19 bits per heavy atom.